The lowest BCUT2D eigenvalue weighted by molar-refractivity contribution is -0.120. The summed E-state index contributed by atoms with van der Waals surface area (Å²) < 4.78 is 13.7. The van der Waals surface area contributed by atoms with Gasteiger partial charge >= 0.3 is 0 Å². The van der Waals surface area contributed by atoms with Crippen LogP contribution in [0.3, 0.4) is 0 Å². The smallest absolute Gasteiger partial charge is 0.228 e. The molecule has 0 unspecified atom stereocenters. The van der Waals surface area contributed by atoms with Crippen LogP contribution in [-0.4, -0.2) is 29.0 Å². The van der Waals surface area contributed by atoms with E-state index in [1.54, 1.807) is 24.4 Å². The molecule has 5 nitrogen and oxygen atoms in total. The van der Waals surface area contributed by atoms with Crippen LogP contribution in [0.4, 0.5) is 16.0 Å². The number of nitrogens with zero attached hydrogens (tertiary/aromatic N) is 3. The Bertz CT molecular complexity index is 687. The molecule has 2 aromatic rings. The highest BCUT2D eigenvalue weighted by molar-refractivity contribution is 6.30. The van der Waals surface area contributed by atoms with Crippen LogP contribution in [0.2, 0.25) is 5.02 Å². The number of nitrogens with one attached hydrogen (secondary N) is 1. The molecule has 1 saturated heterocycles. The molecule has 0 aliphatic carbocycles. The van der Waals surface area contributed by atoms with Gasteiger partial charge in [-0.2, -0.15) is 0 Å². The Morgan fingerprint density at radius 3 is 2.70 bits per heavy atom. The number of carbonyl (C=O) groups excluding carboxylic acids is 1. The molecule has 1 aliphatic heterocycles. The highest BCUT2D eigenvalue weighted by atomic mass is 35.5. The summed E-state index contributed by atoms with van der Waals surface area (Å²) in [5.41, 5.74) is 0. The van der Waals surface area contributed by atoms with Crippen LogP contribution in [0.25, 0.3) is 0 Å². The molecule has 23 heavy (non-hydrogen) atoms. The minimum Gasteiger partial charge on any atom is -0.354 e. The Morgan fingerprint density at radius 2 is 2.04 bits per heavy atom. The maximum Gasteiger partial charge on any atom is 0.228 e. The van der Waals surface area contributed by atoms with Gasteiger partial charge in [-0.05, 0) is 37.1 Å². The van der Waals surface area contributed by atoms with E-state index in [-0.39, 0.29) is 17.6 Å². The van der Waals surface area contributed by atoms with E-state index < -0.39 is 0 Å². The van der Waals surface area contributed by atoms with Gasteiger partial charge in [0, 0.05) is 31.4 Å². The standard InChI is InChI=1S/C16H16ClFN4O/c17-12-3-4-14(20-10-12)21-16(23)11-5-8-22(9-6-11)15-13(18)2-1-7-19-15/h1-4,7,10-11H,5-6,8-9H2,(H,20,21,23). The predicted molar refractivity (Wildman–Crippen MR) is 87.0 cm³/mol. The van der Waals surface area contributed by atoms with E-state index in [2.05, 4.69) is 15.3 Å². The minimum absolute atomic E-state index is 0.0686. The van der Waals surface area contributed by atoms with Gasteiger partial charge in [0.1, 0.15) is 5.82 Å². The Balaban J connectivity index is 1.57. The van der Waals surface area contributed by atoms with Gasteiger partial charge < -0.3 is 10.2 Å². The molecule has 2 aromatic heterocycles. The number of aromatic nitrogens is 2. The molecular weight excluding hydrogens is 319 g/mol. The molecule has 120 valence electrons. The van der Waals surface area contributed by atoms with Crippen molar-refractivity contribution in [2.24, 2.45) is 5.92 Å². The van der Waals surface area contributed by atoms with Crippen molar-refractivity contribution < 1.29 is 9.18 Å². The van der Waals surface area contributed by atoms with E-state index in [9.17, 15) is 9.18 Å². The Morgan fingerprint density at radius 1 is 1.26 bits per heavy atom. The van der Waals surface area contributed by atoms with Crippen molar-refractivity contribution >= 4 is 29.1 Å². The van der Waals surface area contributed by atoms with Crippen molar-refractivity contribution in [1.29, 1.82) is 0 Å². The third kappa shape index (κ3) is 3.76. The first-order valence-corrected chi connectivity index (χ1v) is 7.79. The zero-order valence-electron chi connectivity index (χ0n) is 12.4. The van der Waals surface area contributed by atoms with Gasteiger partial charge in [-0.25, -0.2) is 14.4 Å². The third-order valence-corrected chi connectivity index (χ3v) is 4.11. The predicted octanol–water partition coefficient (Wildman–Crippen LogP) is 3.12. The summed E-state index contributed by atoms with van der Waals surface area (Å²) in [6.45, 7) is 1.19. The summed E-state index contributed by atoms with van der Waals surface area (Å²) in [6.07, 6.45) is 4.36. The Labute approximate surface area is 138 Å². The van der Waals surface area contributed by atoms with E-state index in [0.717, 1.165) is 0 Å². The number of piperidine rings is 1. The Kier molecular flexibility index (Phi) is 4.71. The average molecular weight is 335 g/mol. The molecule has 0 spiro atoms. The number of carbonyl (C=O) groups is 1. The van der Waals surface area contributed by atoms with Crippen LogP contribution in [-0.2, 0) is 4.79 Å². The fraction of sp³-hybridized carbons (Fsp3) is 0.312. The molecular formula is C16H16ClFN4O. The molecule has 0 radical (unpaired) electrons. The second-order valence-electron chi connectivity index (χ2n) is 5.42. The molecule has 1 aliphatic rings. The van der Waals surface area contributed by atoms with Crippen LogP contribution in [0.1, 0.15) is 12.8 Å². The fourth-order valence-electron chi connectivity index (χ4n) is 2.64. The number of hydrogen-bond acceptors (Lipinski definition) is 4. The van der Waals surface area contributed by atoms with Crippen LogP contribution >= 0.6 is 11.6 Å². The van der Waals surface area contributed by atoms with Crippen LogP contribution < -0.4 is 10.2 Å². The molecule has 3 heterocycles. The number of hydrogen-bond donors (Lipinski definition) is 1. The van der Waals surface area contributed by atoms with Gasteiger partial charge in [-0.1, -0.05) is 11.6 Å². The van der Waals surface area contributed by atoms with Crippen molar-refractivity contribution in [2.45, 2.75) is 12.8 Å². The zero-order valence-corrected chi connectivity index (χ0v) is 13.1. The first-order valence-electron chi connectivity index (χ1n) is 7.41. The van der Waals surface area contributed by atoms with Crippen molar-refractivity contribution in [3.05, 3.63) is 47.5 Å². The second-order valence-corrected chi connectivity index (χ2v) is 5.86. The average Bonchev–Trinajstić information content (AvgIpc) is 2.57. The van der Waals surface area contributed by atoms with E-state index in [1.807, 2.05) is 4.90 Å². The summed E-state index contributed by atoms with van der Waals surface area (Å²) >= 11 is 5.77. The van der Waals surface area contributed by atoms with Gasteiger partial charge in [0.25, 0.3) is 0 Å². The normalized spacial score (nSPS) is 15.5. The van der Waals surface area contributed by atoms with Crippen molar-refractivity contribution in [3.63, 3.8) is 0 Å². The largest absolute Gasteiger partial charge is 0.354 e. The quantitative estimate of drug-likeness (QED) is 0.937. The highest BCUT2D eigenvalue weighted by Crippen LogP contribution is 2.24. The van der Waals surface area contributed by atoms with Crippen molar-refractivity contribution in [3.8, 4) is 0 Å². The second kappa shape index (κ2) is 6.91. The van der Waals surface area contributed by atoms with E-state index >= 15 is 0 Å². The first kappa shape index (κ1) is 15.7. The molecule has 1 N–H and O–H groups in total. The van der Waals surface area contributed by atoms with Gasteiger partial charge in [-0.15, -0.1) is 0 Å². The zero-order chi connectivity index (χ0) is 16.2. The third-order valence-electron chi connectivity index (χ3n) is 3.88. The summed E-state index contributed by atoms with van der Waals surface area (Å²) in [6, 6.07) is 6.31. The fourth-order valence-corrected chi connectivity index (χ4v) is 2.75. The molecule has 1 fully saturated rings. The lowest BCUT2D eigenvalue weighted by Gasteiger charge is -2.32. The monoisotopic (exact) mass is 334 g/mol. The first-order chi connectivity index (χ1) is 11.1. The van der Waals surface area contributed by atoms with Gasteiger partial charge in [-0.3, -0.25) is 4.79 Å². The van der Waals surface area contributed by atoms with Crippen LogP contribution in [0.15, 0.2) is 36.7 Å². The molecule has 7 heteroatoms. The molecule has 0 bridgehead atoms. The topological polar surface area (TPSA) is 58.1 Å². The molecule has 1 amide bonds. The lowest BCUT2D eigenvalue weighted by atomic mass is 9.96. The molecule has 0 aromatic carbocycles. The number of rotatable bonds is 3. The molecule has 3 rings (SSSR count). The Hall–Kier alpha value is -2.21. The summed E-state index contributed by atoms with van der Waals surface area (Å²) in [4.78, 5) is 22.3. The summed E-state index contributed by atoms with van der Waals surface area (Å²) in [5, 5.41) is 3.31. The SMILES string of the molecule is O=C(Nc1ccc(Cl)cn1)C1CCN(c2ncccc2F)CC1. The van der Waals surface area contributed by atoms with E-state index in [1.165, 1.54) is 12.3 Å². The lowest BCUT2D eigenvalue weighted by Crippen LogP contribution is -2.39. The minimum atomic E-state index is -0.333. The van der Waals surface area contributed by atoms with Crippen molar-refractivity contribution in [1.82, 2.24) is 9.97 Å². The van der Waals surface area contributed by atoms with Gasteiger partial charge in [0.15, 0.2) is 11.6 Å². The van der Waals surface area contributed by atoms with Crippen molar-refractivity contribution in [2.75, 3.05) is 23.3 Å². The summed E-state index contributed by atoms with van der Waals surface area (Å²) in [7, 11) is 0. The molecule has 0 atom stereocenters. The van der Waals surface area contributed by atoms with E-state index in [0.29, 0.717) is 42.6 Å². The maximum absolute atomic E-state index is 13.7. The maximum atomic E-state index is 13.7. The van der Waals surface area contributed by atoms with Gasteiger partial charge in [0.2, 0.25) is 5.91 Å². The van der Waals surface area contributed by atoms with E-state index in [4.69, 9.17) is 11.6 Å². The van der Waals surface area contributed by atoms with Gasteiger partial charge in [0.05, 0.1) is 5.02 Å². The van der Waals surface area contributed by atoms with Crippen LogP contribution in [0.5, 0.6) is 0 Å². The number of anilines is 2. The summed E-state index contributed by atoms with van der Waals surface area (Å²) in [5.74, 6) is 0.320. The highest BCUT2D eigenvalue weighted by Gasteiger charge is 2.26. The van der Waals surface area contributed by atoms with Crippen LogP contribution in [0, 0.1) is 11.7 Å². The number of amides is 1. The molecule has 0 saturated carbocycles. The number of halogens is 2. The number of pyridine rings is 2.